The fourth-order valence-electron chi connectivity index (χ4n) is 4.94. The van der Waals surface area contributed by atoms with Gasteiger partial charge in [-0.05, 0) is 75.7 Å². The predicted octanol–water partition coefficient (Wildman–Crippen LogP) is 4.29. The van der Waals surface area contributed by atoms with E-state index in [-0.39, 0.29) is 0 Å². The molecule has 144 valence electrons. The number of thiocarbonyl (C=S) groups is 1. The van der Waals surface area contributed by atoms with Crippen molar-refractivity contribution in [2.45, 2.75) is 59.0 Å². The van der Waals surface area contributed by atoms with E-state index >= 15 is 0 Å². The molecule has 4 nitrogen and oxygen atoms in total. The second-order valence-electron chi connectivity index (χ2n) is 8.43. The molecule has 2 fully saturated rings. The normalized spacial score (nSPS) is 23.6. The van der Waals surface area contributed by atoms with Gasteiger partial charge in [0, 0.05) is 30.9 Å². The number of nitrogens with zero attached hydrogens (tertiary/aromatic N) is 3. The summed E-state index contributed by atoms with van der Waals surface area (Å²) in [6.07, 6.45) is 5.48. The van der Waals surface area contributed by atoms with Crippen molar-refractivity contribution >= 4 is 17.3 Å². The van der Waals surface area contributed by atoms with Crippen molar-refractivity contribution in [2.24, 2.45) is 11.8 Å². The van der Waals surface area contributed by atoms with Crippen molar-refractivity contribution in [3.63, 3.8) is 0 Å². The molecule has 1 aromatic carbocycles. The van der Waals surface area contributed by atoms with Gasteiger partial charge in [-0.25, -0.2) is 4.68 Å². The molecule has 0 amide bonds. The molecule has 3 atom stereocenters. The Morgan fingerprint density at radius 1 is 1.22 bits per heavy atom. The summed E-state index contributed by atoms with van der Waals surface area (Å²) in [5.74, 6) is 1.76. The SMILES string of the molecule is Cc1ccccc1-n1nc(C)c(CN(C)C(=S)NC2CC3CCC2C3)c1C. The Balaban J connectivity index is 1.47. The molecule has 4 rings (SSSR count). The van der Waals surface area contributed by atoms with Gasteiger partial charge in [-0.1, -0.05) is 24.6 Å². The topological polar surface area (TPSA) is 33.1 Å². The number of aromatic nitrogens is 2. The van der Waals surface area contributed by atoms with E-state index in [1.165, 1.54) is 42.5 Å². The van der Waals surface area contributed by atoms with Gasteiger partial charge >= 0.3 is 0 Å². The maximum Gasteiger partial charge on any atom is 0.169 e. The highest BCUT2D eigenvalue weighted by atomic mass is 32.1. The zero-order valence-electron chi connectivity index (χ0n) is 16.8. The zero-order chi connectivity index (χ0) is 19.1. The van der Waals surface area contributed by atoms with Crippen LogP contribution in [0.2, 0.25) is 0 Å². The van der Waals surface area contributed by atoms with E-state index in [0.29, 0.717) is 6.04 Å². The minimum Gasteiger partial charge on any atom is -0.360 e. The first kappa shape index (κ1) is 18.5. The third-order valence-corrected chi connectivity index (χ3v) is 7.00. The van der Waals surface area contributed by atoms with E-state index in [2.05, 4.69) is 67.0 Å². The molecule has 2 aliphatic carbocycles. The first-order chi connectivity index (χ1) is 12.9. The summed E-state index contributed by atoms with van der Waals surface area (Å²) in [4.78, 5) is 2.17. The van der Waals surface area contributed by atoms with Crippen LogP contribution in [0.4, 0.5) is 0 Å². The summed E-state index contributed by atoms with van der Waals surface area (Å²) in [7, 11) is 2.09. The second kappa shape index (κ2) is 7.27. The van der Waals surface area contributed by atoms with Crippen LogP contribution in [0.15, 0.2) is 24.3 Å². The van der Waals surface area contributed by atoms with Crippen LogP contribution in [-0.4, -0.2) is 32.9 Å². The highest BCUT2D eigenvalue weighted by Gasteiger charge is 2.39. The molecule has 27 heavy (non-hydrogen) atoms. The number of hydrogen-bond donors (Lipinski definition) is 1. The van der Waals surface area contributed by atoms with Crippen LogP contribution in [-0.2, 0) is 6.54 Å². The van der Waals surface area contributed by atoms with Crippen molar-refractivity contribution in [3.05, 3.63) is 46.8 Å². The van der Waals surface area contributed by atoms with Gasteiger partial charge in [-0.2, -0.15) is 5.10 Å². The summed E-state index contributed by atoms with van der Waals surface area (Å²) in [5.41, 5.74) is 5.91. The summed E-state index contributed by atoms with van der Waals surface area (Å²) in [6, 6.07) is 8.98. The second-order valence-corrected chi connectivity index (χ2v) is 8.82. The average molecular weight is 383 g/mol. The van der Waals surface area contributed by atoms with E-state index < -0.39 is 0 Å². The maximum atomic E-state index is 5.72. The number of hydrogen-bond acceptors (Lipinski definition) is 2. The van der Waals surface area contributed by atoms with E-state index in [0.717, 1.165) is 34.9 Å². The Morgan fingerprint density at radius 3 is 2.67 bits per heavy atom. The molecule has 2 bridgehead atoms. The van der Waals surface area contributed by atoms with Gasteiger partial charge in [-0.15, -0.1) is 0 Å². The Morgan fingerprint density at radius 2 is 2.00 bits per heavy atom. The molecule has 0 saturated heterocycles. The number of para-hydroxylation sites is 1. The highest BCUT2D eigenvalue weighted by Crippen LogP contribution is 2.44. The minimum atomic E-state index is 0.579. The molecular weight excluding hydrogens is 352 g/mol. The minimum absolute atomic E-state index is 0.579. The molecule has 2 aromatic rings. The molecule has 2 saturated carbocycles. The molecule has 1 aromatic heterocycles. The van der Waals surface area contributed by atoms with Gasteiger partial charge in [0.2, 0.25) is 0 Å². The quantitative estimate of drug-likeness (QED) is 0.800. The molecular formula is C22H30N4S. The Labute approximate surface area is 167 Å². The van der Waals surface area contributed by atoms with Crippen LogP contribution in [0.25, 0.3) is 5.69 Å². The lowest BCUT2D eigenvalue weighted by molar-refractivity contribution is 0.373. The number of nitrogens with one attached hydrogen (secondary N) is 1. The van der Waals surface area contributed by atoms with Gasteiger partial charge in [0.1, 0.15) is 0 Å². The standard InChI is InChI=1S/C22H30N4S/c1-14-7-5-6-8-21(14)26-16(3)19(15(2)24-26)13-25(4)22(27)23-20-12-17-9-10-18(20)11-17/h5-8,17-18,20H,9-13H2,1-4H3,(H,23,27). The van der Waals surface area contributed by atoms with Gasteiger partial charge in [0.15, 0.2) is 5.11 Å². The zero-order valence-corrected chi connectivity index (χ0v) is 17.6. The predicted molar refractivity (Wildman–Crippen MR) is 114 cm³/mol. The van der Waals surface area contributed by atoms with Crippen LogP contribution in [0.3, 0.4) is 0 Å². The van der Waals surface area contributed by atoms with E-state index in [1.54, 1.807) is 0 Å². The van der Waals surface area contributed by atoms with Crippen LogP contribution in [0, 0.1) is 32.6 Å². The smallest absolute Gasteiger partial charge is 0.169 e. The van der Waals surface area contributed by atoms with Crippen LogP contribution >= 0.6 is 12.2 Å². The lowest BCUT2D eigenvalue weighted by atomic mass is 9.95. The third kappa shape index (κ3) is 3.49. The molecule has 0 spiro atoms. The van der Waals surface area contributed by atoms with Crippen LogP contribution in [0.1, 0.15) is 48.2 Å². The van der Waals surface area contributed by atoms with Gasteiger partial charge in [-0.3, -0.25) is 0 Å². The van der Waals surface area contributed by atoms with E-state index in [4.69, 9.17) is 17.3 Å². The number of rotatable bonds is 4. The molecule has 3 unspecified atom stereocenters. The van der Waals surface area contributed by atoms with Crippen LogP contribution in [0.5, 0.6) is 0 Å². The molecule has 1 heterocycles. The summed E-state index contributed by atoms with van der Waals surface area (Å²) < 4.78 is 2.07. The van der Waals surface area contributed by atoms with Gasteiger partial charge < -0.3 is 10.2 Å². The average Bonchev–Trinajstić information content (AvgIpc) is 3.33. The molecule has 5 heteroatoms. The Kier molecular flexibility index (Phi) is 4.97. The fourth-order valence-corrected chi connectivity index (χ4v) is 5.15. The molecule has 2 aliphatic rings. The highest BCUT2D eigenvalue weighted by molar-refractivity contribution is 7.80. The van der Waals surface area contributed by atoms with Crippen molar-refractivity contribution in [1.29, 1.82) is 0 Å². The maximum absolute atomic E-state index is 5.72. The number of benzene rings is 1. The lowest BCUT2D eigenvalue weighted by Crippen LogP contribution is -2.44. The largest absolute Gasteiger partial charge is 0.360 e. The Bertz CT molecular complexity index is 856. The monoisotopic (exact) mass is 382 g/mol. The van der Waals surface area contributed by atoms with Crippen molar-refractivity contribution in [2.75, 3.05) is 7.05 Å². The third-order valence-electron chi connectivity index (χ3n) is 6.57. The van der Waals surface area contributed by atoms with Crippen LogP contribution < -0.4 is 5.32 Å². The van der Waals surface area contributed by atoms with Crippen molar-refractivity contribution in [1.82, 2.24) is 20.0 Å². The van der Waals surface area contributed by atoms with E-state index in [1.807, 2.05) is 0 Å². The summed E-state index contributed by atoms with van der Waals surface area (Å²) in [6.45, 7) is 7.17. The van der Waals surface area contributed by atoms with E-state index in [9.17, 15) is 0 Å². The number of aryl methyl sites for hydroxylation is 2. The van der Waals surface area contributed by atoms with Crippen molar-refractivity contribution in [3.8, 4) is 5.69 Å². The Hall–Kier alpha value is -1.88. The molecule has 1 N–H and O–H groups in total. The first-order valence-corrected chi connectivity index (χ1v) is 10.5. The van der Waals surface area contributed by atoms with Gasteiger partial charge in [0.25, 0.3) is 0 Å². The lowest BCUT2D eigenvalue weighted by Gasteiger charge is -2.28. The van der Waals surface area contributed by atoms with Gasteiger partial charge in [0.05, 0.1) is 11.4 Å². The molecule has 0 aliphatic heterocycles. The fraction of sp³-hybridized carbons (Fsp3) is 0.545. The summed E-state index contributed by atoms with van der Waals surface area (Å²) >= 11 is 5.72. The molecule has 0 radical (unpaired) electrons. The first-order valence-electron chi connectivity index (χ1n) is 10.1. The van der Waals surface area contributed by atoms with Crippen molar-refractivity contribution < 1.29 is 0 Å². The number of fused-ring (bicyclic) bond motifs is 2. The summed E-state index contributed by atoms with van der Waals surface area (Å²) in [5, 5.41) is 9.33.